The number of hydrogen-bond acceptors (Lipinski definition) is 2. The molecular formula is C7H9N3. The first kappa shape index (κ1) is 6.81. The Labute approximate surface area is 59.9 Å². The maximum Gasteiger partial charge on any atom is 0.140 e. The lowest BCUT2D eigenvalue weighted by Crippen LogP contribution is -2.00. The molecule has 10 heavy (non-hydrogen) atoms. The Hall–Kier alpha value is -1.30. The second kappa shape index (κ2) is 2.53. The van der Waals surface area contributed by atoms with E-state index < -0.39 is 0 Å². The van der Waals surface area contributed by atoms with E-state index in [4.69, 9.17) is 5.26 Å². The third kappa shape index (κ3) is 1.01. The molecule has 0 bridgehead atoms. The van der Waals surface area contributed by atoms with Gasteiger partial charge in [-0.2, -0.15) is 5.26 Å². The van der Waals surface area contributed by atoms with Gasteiger partial charge in [0.1, 0.15) is 11.8 Å². The van der Waals surface area contributed by atoms with Gasteiger partial charge in [-0.15, -0.1) is 0 Å². The van der Waals surface area contributed by atoms with Crippen LogP contribution in [0.1, 0.15) is 25.6 Å². The second-order valence-corrected chi connectivity index (χ2v) is 2.39. The van der Waals surface area contributed by atoms with Gasteiger partial charge in [-0.3, -0.25) is 0 Å². The SMILES string of the molecule is CC(C)n1cncc1C#N. The molecule has 3 heteroatoms. The Morgan fingerprint density at radius 2 is 2.40 bits per heavy atom. The quantitative estimate of drug-likeness (QED) is 0.583. The number of hydrogen-bond donors (Lipinski definition) is 0. The molecule has 0 aliphatic rings. The smallest absolute Gasteiger partial charge is 0.140 e. The molecule has 0 radical (unpaired) electrons. The van der Waals surface area contributed by atoms with Crippen LogP contribution < -0.4 is 0 Å². The molecule has 0 atom stereocenters. The predicted octanol–water partition coefficient (Wildman–Crippen LogP) is 1.34. The monoisotopic (exact) mass is 135 g/mol. The molecule has 3 nitrogen and oxygen atoms in total. The van der Waals surface area contributed by atoms with Gasteiger partial charge in [0.05, 0.1) is 12.5 Å². The highest BCUT2D eigenvalue weighted by molar-refractivity contribution is 5.17. The van der Waals surface area contributed by atoms with E-state index in [-0.39, 0.29) is 0 Å². The van der Waals surface area contributed by atoms with Crippen molar-refractivity contribution in [1.29, 1.82) is 5.26 Å². The lowest BCUT2D eigenvalue weighted by atomic mass is 10.4. The fraction of sp³-hybridized carbons (Fsp3) is 0.429. The largest absolute Gasteiger partial charge is 0.320 e. The molecule has 0 fully saturated rings. The van der Waals surface area contributed by atoms with Crippen LogP contribution in [0.15, 0.2) is 12.5 Å². The molecule has 0 N–H and O–H groups in total. The summed E-state index contributed by atoms with van der Waals surface area (Å²) in [5.74, 6) is 0. The van der Waals surface area contributed by atoms with Crippen molar-refractivity contribution in [3.63, 3.8) is 0 Å². The zero-order valence-corrected chi connectivity index (χ0v) is 6.07. The van der Waals surface area contributed by atoms with Crippen LogP contribution in [0, 0.1) is 11.3 Å². The van der Waals surface area contributed by atoms with E-state index in [1.807, 2.05) is 18.4 Å². The van der Waals surface area contributed by atoms with E-state index in [9.17, 15) is 0 Å². The molecular weight excluding hydrogens is 126 g/mol. The first-order valence-corrected chi connectivity index (χ1v) is 3.17. The fourth-order valence-electron chi connectivity index (χ4n) is 0.803. The van der Waals surface area contributed by atoms with E-state index in [1.165, 1.54) is 0 Å². The minimum absolute atomic E-state index is 0.317. The van der Waals surface area contributed by atoms with Gasteiger partial charge in [-0.25, -0.2) is 4.98 Å². The van der Waals surface area contributed by atoms with Crippen molar-refractivity contribution in [2.45, 2.75) is 19.9 Å². The van der Waals surface area contributed by atoms with Crippen LogP contribution in [0.3, 0.4) is 0 Å². The molecule has 0 aromatic carbocycles. The van der Waals surface area contributed by atoms with Gasteiger partial charge in [0.15, 0.2) is 0 Å². The van der Waals surface area contributed by atoms with Crippen molar-refractivity contribution >= 4 is 0 Å². The minimum Gasteiger partial charge on any atom is -0.320 e. The summed E-state index contributed by atoms with van der Waals surface area (Å²) in [7, 11) is 0. The average Bonchev–Trinajstić information content (AvgIpc) is 2.33. The van der Waals surface area contributed by atoms with Gasteiger partial charge in [-0.05, 0) is 13.8 Å². The highest BCUT2D eigenvalue weighted by Gasteiger charge is 2.01. The van der Waals surface area contributed by atoms with Crippen molar-refractivity contribution < 1.29 is 0 Å². The first-order chi connectivity index (χ1) is 4.75. The minimum atomic E-state index is 0.317. The molecule has 1 rings (SSSR count). The molecule has 0 saturated carbocycles. The first-order valence-electron chi connectivity index (χ1n) is 3.17. The molecule has 0 aliphatic carbocycles. The molecule has 0 aliphatic heterocycles. The lowest BCUT2D eigenvalue weighted by molar-refractivity contribution is 0.594. The Morgan fingerprint density at radius 1 is 1.70 bits per heavy atom. The summed E-state index contributed by atoms with van der Waals surface area (Å²) in [4.78, 5) is 3.85. The normalized spacial score (nSPS) is 9.80. The number of nitriles is 1. The summed E-state index contributed by atoms with van der Waals surface area (Å²) < 4.78 is 1.83. The zero-order chi connectivity index (χ0) is 7.56. The third-order valence-corrected chi connectivity index (χ3v) is 1.34. The number of aromatic nitrogens is 2. The molecule has 0 unspecified atom stereocenters. The van der Waals surface area contributed by atoms with Gasteiger partial charge < -0.3 is 4.57 Å². The number of nitrogens with zero attached hydrogens (tertiary/aromatic N) is 3. The van der Waals surface area contributed by atoms with E-state index in [0.29, 0.717) is 11.7 Å². The van der Waals surface area contributed by atoms with Gasteiger partial charge in [0.2, 0.25) is 0 Å². The summed E-state index contributed by atoms with van der Waals surface area (Å²) in [5, 5.41) is 8.55. The van der Waals surface area contributed by atoms with Crippen LogP contribution in [0.25, 0.3) is 0 Å². The molecule has 1 heterocycles. The summed E-state index contributed by atoms with van der Waals surface area (Å²) in [5.41, 5.74) is 0.620. The van der Waals surface area contributed by atoms with Crippen molar-refractivity contribution in [3.05, 3.63) is 18.2 Å². The highest BCUT2D eigenvalue weighted by Crippen LogP contribution is 2.06. The lowest BCUT2D eigenvalue weighted by Gasteiger charge is -2.05. The fourth-order valence-corrected chi connectivity index (χ4v) is 0.803. The highest BCUT2D eigenvalue weighted by atomic mass is 15.1. The Morgan fingerprint density at radius 3 is 2.80 bits per heavy atom. The Bertz CT molecular complexity index is 254. The topological polar surface area (TPSA) is 41.6 Å². The summed E-state index contributed by atoms with van der Waals surface area (Å²) in [6.07, 6.45) is 3.24. The van der Waals surface area contributed by atoms with E-state index in [2.05, 4.69) is 11.1 Å². The Kier molecular flexibility index (Phi) is 1.72. The van der Waals surface area contributed by atoms with Crippen LogP contribution in [0.2, 0.25) is 0 Å². The molecule has 52 valence electrons. The van der Waals surface area contributed by atoms with Crippen LogP contribution in [0.5, 0.6) is 0 Å². The van der Waals surface area contributed by atoms with Gasteiger partial charge in [0.25, 0.3) is 0 Å². The zero-order valence-electron chi connectivity index (χ0n) is 6.07. The van der Waals surface area contributed by atoms with Gasteiger partial charge in [0, 0.05) is 6.04 Å². The van der Waals surface area contributed by atoms with Crippen molar-refractivity contribution in [2.75, 3.05) is 0 Å². The van der Waals surface area contributed by atoms with Crippen LogP contribution in [0.4, 0.5) is 0 Å². The van der Waals surface area contributed by atoms with E-state index >= 15 is 0 Å². The van der Waals surface area contributed by atoms with E-state index in [0.717, 1.165) is 0 Å². The maximum absolute atomic E-state index is 8.55. The van der Waals surface area contributed by atoms with Crippen LogP contribution >= 0.6 is 0 Å². The maximum atomic E-state index is 8.55. The standard InChI is InChI=1S/C7H9N3/c1-6(2)10-5-9-4-7(10)3-8/h4-6H,1-2H3. The van der Waals surface area contributed by atoms with Crippen molar-refractivity contribution in [2.24, 2.45) is 0 Å². The second-order valence-electron chi connectivity index (χ2n) is 2.39. The van der Waals surface area contributed by atoms with Crippen molar-refractivity contribution in [3.8, 4) is 6.07 Å². The number of rotatable bonds is 1. The third-order valence-electron chi connectivity index (χ3n) is 1.34. The molecule has 0 spiro atoms. The molecule has 1 aromatic heterocycles. The summed E-state index contributed by atoms with van der Waals surface area (Å²) in [6, 6.07) is 2.37. The molecule has 0 amide bonds. The van der Waals surface area contributed by atoms with Gasteiger partial charge in [-0.1, -0.05) is 0 Å². The van der Waals surface area contributed by atoms with Gasteiger partial charge >= 0.3 is 0 Å². The van der Waals surface area contributed by atoms with E-state index in [1.54, 1.807) is 12.5 Å². The Balaban J connectivity index is 3.05. The number of imidazole rings is 1. The molecule has 1 aromatic rings. The van der Waals surface area contributed by atoms with Crippen LogP contribution in [-0.2, 0) is 0 Å². The summed E-state index contributed by atoms with van der Waals surface area (Å²) in [6.45, 7) is 4.03. The predicted molar refractivity (Wildman–Crippen MR) is 37.3 cm³/mol. The van der Waals surface area contributed by atoms with Crippen molar-refractivity contribution in [1.82, 2.24) is 9.55 Å². The average molecular weight is 135 g/mol. The van der Waals surface area contributed by atoms with Crippen LogP contribution in [-0.4, -0.2) is 9.55 Å². The summed E-state index contributed by atoms with van der Waals surface area (Å²) >= 11 is 0. The molecule has 0 saturated heterocycles.